The molecule has 0 saturated heterocycles. The number of rotatable bonds is 4. The molecule has 7 nitrogen and oxygen atoms in total. The van der Waals surface area contributed by atoms with Crippen molar-refractivity contribution >= 4 is 0 Å². The molecule has 2 aromatic rings. The molecular weight excluding hydrogens is 236 g/mol. The third kappa shape index (κ3) is 2.20. The molecule has 0 saturated carbocycles. The van der Waals surface area contributed by atoms with Crippen molar-refractivity contribution in [2.24, 2.45) is 0 Å². The highest BCUT2D eigenvalue weighted by Gasteiger charge is 2.11. The van der Waals surface area contributed by atoms with E-state index in [1.54, 1.807) is 30.2 Å². The zero-order valence-electron chi connectivity index (χ0n) is 9.96. The standard InChI is InChI=1S/C11H14N4O3/c1-2-8-9(16)13-11(18)15(10(8)17)6-5-14-4-3-12-7-14/h3-4,7,17H,2,5-6H2,1H3,(H,13,16,18). The predicted octanol–water partition coefficient (Wildman–Crippen LogP) is -0.299. The maximum Gasteiger partial charge on any atom is 0.331 e. The molecular formula is C11H14N4O3. The molecule has 0 aromatic carbocycles. The number of H-pyrrole nitrogens is 1. The third-order valence-corrected chi connectivity index (χ3v) is 2.76. The molecule has 0 aliphatic carbocycles. The van der Waals surface area contributed by atoms with Crippen molar-refractivity contribution in [2.45, 2.75) is 26.4 Å². The number of aromatic amines is 1. The van der Waals surface area contributed by atoms with Gasteiger partial charge in [0.25, 0.3) is 5.56 Å². The lowest BCUT2D eigenvalue weighted by Gasteiger charge is -2.10. The lowest BCUT2D eigenvalue weighted by Crippen LogP contribution is -2.33. The highest BCUT2D eigenvalue weighted by atomic mass is 16.3. The highest BCUT2D eigenvalue weighted by Crippen LogP contribution is 2.10. The minimum atomic E-state index is -0.602. The molecule has 18 heavy (non-hydrogen) atoms. The summed E-state index contributed by atoms with van der Waals surface area (Å²) in [6.45, 7) is 2.50. The topological polar surface area (TPSA) is 92.9 Å². The van der Waals surface area contributed by atoms with Gasteiger partial charge >= 0.3 is 5.69 Å². The van der Waals surface area contributed by atoms with Gasteiger partial charge in [0.05, 0.1) is 11.9 Å². The lowest BCUT2D eigenvalue weighted by atomic mass is 10.2. The maximum absolute atomic E-state index is 11.6. The first-order valence-corrected chi connectivity index (χ1v) is 5.64. The number of nitrogens with zero attached hydrogens (tertiary/aromatic N) is 3. The molecule has 7 heteroatoms. The van der Waals surface area contributed by atoms with Crippen LogP contribution in [0, 0.1) is 0 Å². The number of hydrogen-bond acceptors (Lipinski definition) is 4. The van der Waals surface area contributed by atoms with Gasteiger partial charge in [0, 0.05) is 25.5 Å². The monoisotopic (exact) mass is 250 g/mol. The van der Waals surface area contributed by atoms with Crippen molar-refractivity contribution in [1.82, 2.24) is 19.1 Å². The number of aryl methyl sites for hydroxylation is 1. The van der Waals surface area contributed by atoms with E-state index in [0.29, 0.717) is 13.0 Å². The van der Waals surface area contributed by atoms with Crippen LogP contribution in [-0.2, 0) is 19.5 Å². The summed E-state index contributed by atoms with van der Waals surface area (Å²) in [6.07, 6.45) is 5.38. The van der Waals surface area contributed by atoms with Crippen molar-refractivity contribution in [3.05, 3.63) is 45.1 Å². The fraction of sp³-hybridized carbons (Fsp3) is 0.364. The molecule has 0 radical (unpaired) electrons. The zero-order chi connectivity index (χ0) is 13.1. The molecule has 0 spiro atoms. The molecule has 2 heterocycles. The third-order valence-electron chi connectivity index (χ3n) is 2.76. The van der Waals surface area contributed by atoms with E-state index in [1.807, 2.05) is 0 Å². The molecule has 0 aliphatic heterocycles. The van der Waals surface area contributed by atoms with Crippen LogP contribution < -0.4 is 11.2 Å². The van der Waals surface area contributed by atoms with E-state index in [-0.39, 0.29) is 18.0 Å². The van der Waals surface area contributed by atoms with Gasteiger partial charge in [-0.1, -0.05) is 6.92 Å². The van der Waals surface area contributed by atoms with Gasteiger partial charge in [0.1, 0.15) is 0 Å². The first-order chi connectivity index (χ1) is 8.63. The summed E-state index contributed by atoms with van der Waals surface area (Å²) in [5, 5.41) is 9.90. The zero-order valence-corrected chi connectivity index (χ0v) is 9.96. The highest BCUT2D eigenvalue weighted by molar-refractivity contribution is 5.22. The van der Waals surface area contributed by atoms with Crippen LogP contribution >= 0.6 is 0 Å². The Labute approximate surface area is 102 Å². The normalized spacial score (nSPS) is 10.7. The van der Waals surface area contributed by atoms with Crippen LogP contribution in [0.5, 0.6) is 5.88 Å². The number of hydrogen-bond donors (Lipinski definition) is 2. The summed E-state index contributed by atoms with van der Waals surface area (Å²) >= 11 is 0. The van der Waals surface area contributed by atoms with Crippen molar-refractivity contribution in [2.75, 3.05) is 0 Å². The summed E-state index contributed by atoms with van der Waals surface area (Å²) < 4.78 is 2.93. The second-order valence-corrected chi connectivity index (χ2v) is 3.87. The van der Waals surface area contributed by atoms with Gasteiger partial charge in [0.2, 0.25) is 5.88 Å². The van der Waals surface area contributed by atoms with Crippen LogP contribution in [0.25, 0.3) is 0 Å². The smallest absolute Gasteiger partial charge is 0.331 e. The van der Waals surface area contributed by atoms with E-state index in [4.69, 9.17) is 0 Å². The summed E-state index contributed by atoms with van der Waals surface area (Å²) in [5.74, 6) is -0.258. The first-order valence-electron chi connectivity index (χ1n) is 5.64. The predicted molar refractivity (Wildman–Crippen MR) is 64.6 cm³/mol. The van der Waals surface area contributed by atoms with Gasteiger partial charge in [-0.05, 0) is 6.42 Å². The SMILES string of the molecule is CCc1c(O)n(CCn2ccnc2)c(=O)[nH]c1=O. The molecule has 0 bridgehead atoms. The summed E-state index contributed by atoms with van der Waals surface area (Å²) in [5.41, 5.74) is -0.908. The summed E-state index contributed by atoms with van der Waals surface area (Å²) in [4.78, 5) is 29.1. The summed E-state index contributed by atoms with van der Waals surface area (Å²) in [6, 6.07) is 0. The van der Waals surface area contributed by atoms with Crippen LogP contribution in [0.15, 0.2) is 28.3 Å². The van der Waals surface area contributed by atoms with Gasteiger partial charge in [-0.15, -0.1) is 0 Å². The van der Waals surface area contributed by atoms with E-state index in [2.05, 4.69) is 9.97 Å². The first kappa shape index (κ1) is 12.2. The Morgan fingerprint density at radius 3 is 2.78 bits per heavy atom. The molecule has 0 fully saturated rings. The average molecular weight is 250 g/mol. The molecule has 2 N–H and O–H groups in total. The Morgan fingerprint density at radius 1 is 1.39 bits per heavy atom. The molecule has 2 rings (SSSR count). The van der Waals surface area contributed by atoms with E-state index < -0.39 is 11.2 Å². The van der Waals surface area contributed by atoms with Crippen molar-refractivity contribution in [3.63, 3.8) is 0 Å². The van der Waals surface area contributed by atoms with Crippen LogP contribution in [0.1, 0.15) is 12.5 Å². The summed E-state index contributed by atoms with van der Waals surface area (Å²) in [7, 11) is 0. The quantitative estimate of drug-likeness (QED) is 0.779. The van der Waals surface area contributed by atoms with E-state index in [0.717, 1.165) is 4.57 Å². The molecule has 0 atom stereocenters. The fourth-order valence-electron chi connectivity index (χ4n) is 1.76. The van der Waals surface area contributed by atoms with Crippen molar-refractivity contribution in [3.8, 4) is 5.88 Å². The number of aromatic nitrogens is 4. The molecule has 0 amide bonds. The number of imidazole rings is 1. The van der Waals surface area contributed by atoms with Crippen LogP contribution in [0.3, 0.4) is 0 Å². The van der Waals surface area contributed by atoms with Crippen LogP contribution in [0.4, 0.5) is 0 Å². The molecule has 0 aliphatic rings. The minimum Gasteiger partial charge on any atom is -0.494 e. The average Bonchev–Trinajstić information content (AvgIpc) is 2.81. The van der Waals surface area contributed by atoms with Gasteiger partial charge in [0.15, 0.2) is 0 Å². The Bertz CT molecular complexity index is 639. The Hall–Kier alpha value is -2.31. The number of aromatic hydroxyl groups is 1. The van der Waals surface area contributed by atoms with Crippen LogP contribution in [0.2, 0.25) is 0 Å². The van der Waals surface area contributed by atoms with Crippen molar-refractivity contribution in [1.29, 1.82) is 0 Å². The van der Waals surface area contributed by atoms with Gasteiger partial charge < -0.3 is 9.67 Å². The van der Waals surface area contributed by atoms with Crippen LogP contribution in [-0.4, -0.2) is 24.2 Å². The second-order valence-electron chi connectivity index (χ2n) is 3.87. The van der Waals surface area contributed by atoms with E-state index in [9.17, 15) is 14.7 Å². The van der Waals surface area contributed by atoms with Gasteiger partial charge in [-0.2, -0.15) is 0 Å². The molecule has 96 valence electrons. The minimum absolute atomic E-state index is 0.222. The lowest BCUT2D eigenvalue weighted by molar-refractivity contribution is 0.384. The number of nitrogens with one attached hydrogen (secondary N) is 1. The Balaban J connectivity index is 2.33. The molecule has 0 unspecified atom stereocenters. The maximum atomic E-state index is 11.6. The van der Waals surface area contributed by atoms with Gasteiger partial charge in [-0.3, -0.25) is 14.3 Å². The van der Waals surface area contributed by atoms with E-state index >= 15 is 0 Å². The van der Waals surface area contributed by atoms with Crippen molar-refractivity contribution < 1.29 is 5.11 Å². The Kier molecular flexibility index (Phi) is 3.31. The van der Waals surface area contributed by atoms with E-state index in [1.165, 1.54) is 0 Å². The second kappa shape index (κ2) is 4.91. The fourth-order valence-corrected chi connectivity index (χ4v) is 1.76. The Morgan fingerprint density at radius 2 is 2.17 bits per heavy atom. The largest absolute Gasteiger partial charge is 0.494 e. The van der Waals surface area contributed by atoms with Gasteiger partial charge in [-0.25, -0.2) is 9.78 Å². The molecule has 2 aromatic heterocycles.